The number of amides is 3. The number of urea groups is 1. The van der Waals surface area contributed by atoms with E-state index in [9.17, 15) is 18.0 Å². The van der Waals surface area contributed by atoms with Gasteiger partial charge in [-0.15, -0.1) is 0 Å². The number of imidazole rings is 1. The molecule has 0 aliphatic heterocycles. The Labute approximate surface area is 222 Å². The maximum Gasteiger partial charge on any atom is 0.329 e. The lowest BCUT2D eigenvalue weighted by molar-refractivity contribution is -0.120. The van der Waals surface area contributed by atoms with E-state index in [0.29, 0.717) is 11.3 Å². The van der Waals surface area contributed by atoms with E-state index in [1.165, 1.54) is 11.0 Å². The zero-order chi connectivity index (χ0) is 27.4. The van der Waals surface area contributed by atoms with Crippen molar-refractivity contribution in [2.45, 2.75) is 44.7 Å². The molecule has 0 saturated heterocycles. The summed E-state index contributed by atoms with van der Waals surface area (Å²) < 4.78 is 29.8. The number of carbonyl (C=O) groups excluding carboxylic acids is 2. The quantitative estimate of drug-likeness (QED) is 0.356. The van der Waals surface area contributed by atoms with Crippen LogP contribution in [0.15, 0.2) is 77.7 Å². The van der Waals surface area contributed by atoms with Crippen LogP contribution >= 0.6 is 0 Å². The number of rotatable bonds is 8. The fraction of sp³-hybridized carbons (Fsp3) is 0.250. The van der Waals surface area contributed by atoms with E-state index in [1.807, 2.05) is 67.1 Å². The number of nitrogens with one attached hydrogen (secondary N) is 2. The summed E-state index contributed by atoms with van der Waals surface area (Å²) in [5, 5.41) is 2.58. The van der Waals surface area contributed by atoms with Crippen LogP contribution in [0.25, 0.3) is 11.0 Å². The first kappa shape index (κ1) is 26.9. The molecule has 0 aliphatic carbocycles. The van der Waals surface area contributed by atoms with Gasteiger partial charge in [0.25, 0.3) is 10.0 Å². The van der Waals surface area contributed by atoms with E-state index in [4.69, 9.17) is 0 Å². The predicted octanol–water partition coefficient (Wildman–Crippen LogP) is 3.94. The van der Waals surface area contributed by atoms with Crippen LogP contribution in [0.4, 0.5) is 10.5 Å². The second-order valence-corrected chi connectivity index (χ2v) is 10.7. The van der Waals surface area contributed by atoms with Crippen molar-refractivity contribution in [2.75, 3.05) is 11.9 Å². The molecule has 2 N–H and O–H groups in total. The number of nitrogens with zero attached hydrogens (tertiary/aromatic N) is 3. The van der Waals surface area contributed by atoms with E-state index in [0.717, 1.165) is 29.0 Å². The average molecular weight is 534 g/mol. The summed E-state index contributed by atoms with van der Waals surface area (Å²) in [4.78, 5) is 32.6. The van der Waals surface area contributed by atoms with Gasteiger partial charge in [0.1, 0.15) is 11.9 Å². The molecule has 1 heterocycles. The fourth-order valence-corrected chi connectivity index (χ4v) is 5.64. The molecule has 0 bridgehead atoms. The SMILES string of the molecule is CCn1c(C)nc2cc(N(C)C(=O)[C@H](Cc3ccccc3)NC(=O)NS(=O)(=O)c3ccccc3C)ccc21. The average Bonchev–Trinajstić information content (AvgIpc) is 3.21. The van der Waals surface area contributed by atoms with Gasteiger partial charge in [-0.1, -0.05) is 48.5 Å². The van der Waals surface area contributed by atoms with E-state index in [-0.39, 0.29) is 11.3 Å². The molecule has 198 valence electrons. The molecule has 0 aliphatic rings. The van der Waals surface area contributed by atoms with Crippen molar-refractivity contribution in [1.29, 1.82) is 0 Å². The normalized spacial score (nSPS) is 12.2. The lowest BCUT2D eigenvalue weighted by Crippen LogP contribution is -2.52. The van der Waals surface area contributed by atoms with E-state index < -0.39 is 28.0 Å². The first-order valence-electron chi connectivity index (χ1n) is 12.3. The highest BCUT2D eigenvalue weighted by Gasteiger charge is 2.28. The van der Waals surface area contributed by atoms with Gasteiger partial charge in [-0.05, 0) is 56.2 Å². The Kier molecular flexibility index (Phi) is 7.82. The highest BCUT2D eigenvalue weighted by Crippen LogP contribution is 2.23. The number of hydrogen-bond donors (Lipinski definition) is 2. The van der Waals surface area contributed by atoms with Crippen LogP contribution in [0, 0.1) is 13.8 Å². The van der Waals surface area contributed by atoms with Gasteiger partial charge in [-0.25, -0.2) is 22.9 Å². The van der Waals surface area contributed by atoms with Crippen LogP contribution in [0.5, 0.6) is 0 Å². The summed E-state index contributed by atoms with van der Waals surface area (Å²) >= 11 is 0. The van der Waals surface area contributed by atoms with Crippen LogP contribution in [-0.2, 0) is 27.8 Å². The summed E-state index contributed by atoms with van der Waals surface area (Å²) in [5.74, 6) is 0.479. The maximum atomic E-state index is 13.6. The molecule has 1 aromatic heterocycles. The monoisotopic (exact) mass is 533 g/mol. The van der Waals surface area contributed by atoms with Crippen molar-refractivity contribution in [2.24, 2.45) is 0 Å². The molecule has 0 saturated carbocycles. The summed E-state index contributed by atoms with van der Waals surface area (Å²) in [7, 11) is -2.51. The third-order valence-electron chi connectivity index (χ3n) is 6.45. The first-order valence-corrected chi connectivity index (χ1v) is 13.8. The smallest absolute Gasteiger partial charge is 0.329 e. The molecule has 3 amide bonds. The van der Waals surface area contributed by atoms with Gasteiger partial charge in [0, 0.05) is 25.7 Å². The number of carbonyl (C=O) groups is 2. The molecule has 1 atom stereocenters. The third kappa shape index (κ3) is 5.70. The zero-order valence-electron chi connectivity index (χ0n) is 21.8. The number of sulfonamides is 1. The lowest BCUT2D eigenvalue weighted by Gasteiger charge is -2.25. The molecular formula is C28H31N5O4S. The van der Waals surface area contributed by atoms with Crippen LogP contribution in [0.3, 0.4) is 0 Å². The van der Waals surface area contributed by atoms with Crippen molar-refractivity contribution in [3.8, 4) is 0 Å². The zero-order valence-corrected chi connectivity index (χ0v) is 22.6. The Hall–Kier alpha value is -4.18. The van der Waals surface area contributed by atoms with Crippen molar-refractivity contribution in [3.05, 3.63) is 89.7 Å². The van der Waals surface area contributed by atoms with Gasteiger partial charge >= 0.3 is 6.03 Å². The van der Waals surface area contributed by atoms with E-state index in [2.05, 4.69) is 14.9 Å². The van der Waals surface area contributed by atoms with Crippen molar-refractivity contribution in [3.63, 3.8) is 0 Å². The van der Waals surface area contributed by atoms with Crippen LogP contribution < -0.4 is 14.9 Å². The molecule has 9 nitrogen and oxygen atoms in total. The van der Waals surface area contributed by atoms with E-state index in [1.54, 1.807) is 32.2 Å². The summed E-state index contributed by atoms with van der Waals surface area (Å²) in [6.07, 6.45) is 0.174. The molecule has 0 fully saturated rings. The predicted molar refractivity (Wildman–Crippen MR) is 148 cm³/mol. The van der Waals surface area contributed by atoms with Gasteiger partial charge in [0.05, 0.1) is 15.9 Å². The Morgan fingerprint density at radius 3 is 2.37 bits per heavy atom. The minimum atomic E-state index is -4.13. The Balaban J connectivity index is 1.59. The Bertz CT molecular complexity index is 1580. The minimum absolute atomic E-state index is 0.00619. The highest BCUT2D eigenvalue weighted by molar-refractivity contribution is 7.90. The van der Waals surface area contributed by atoms with Crippen molar-refractivity contribution >= 4 is 38.7 Å². The van der Waals surface area contributed by atoms with Gasteiger partial charge in [-0.3, -0.25) is 4.79 Å². The topological polar surface area (TPSA) is 113 Å². The van der Waals surface area contributed by atoms with Crippen LogP contribution in [0.1, 0.15) is 23.9 Å². The van der Waals surface area contributed by atoms with E-state index >= 15 is 0 Å². The maximum absolute atomic E-state index is 13.6. The number of fused-ring (bicyclic) bond motifs is 1. The van der Waals surface area contributed by atoms with Gasteiger partial charge in [-0.2, -0.15) is 0 Å². The van der Waals surface area contributed by atoms with Crippen LogP contribution in [0.2, 0.25) is 0 Å². The standard InChI is InChI=1S/C28H31N5O4S/c1-5-33-20(3)29-23-18-22(15-16-25(23)33)32(4)27(34)24(17-21-12-7-6-8-13-21)30-28(35)31-38(36,37)26-14-10-9-11-19(26)2/h6-16,18,24H,5,17H2,1-4H3,(H2,30,31,35)/t24-/m0/s1. The van der Waals surface area contributed by atoms with Gasteiger partial charge in [0.2, 0.25) is 5.91 Å². The molecular weight excluding hydrogens is 502 g/mol. The number of benzene rings is 3. The molecule has 0 radical (unpaired) electrons. The third-order valence-corrected chi connectivity index (χ3v) is 7.94. The minimum Gasteiger partial charge on any atom is -0.329 e. The van der Waals surface area contributed by atoms with Crippen molar-refractivity contribution < 1.29 is 18.0 Å². The molecule has 0 spiro atoms. The number of aryl methyl sites for hydroxylation is 3. The second kappa shape index (κ2) is 11.1. The number of anilines is 1. The molecule has 4 rings (SSSR count). The number of likely N-dealkylation sites (N-methyl/N-ethyl adjacent to an activating group) is 1. The summed E-state index contributed by atoms with van der Waals surface area (Å²) in [5.41, 5.74) is 3.65. The molecule has 38 heavy (non-hydrogen) atoms. The largest absolute Gasteiger partial charge is 0.329 e. The summed E-state index contributed by atoms with van der Waals surface area (Å²) in [6.45, 7) is 6.40. The van der Waals surface area contributed by atoms with Gasteiger partial charge in [0.15, 0.2) is 0 Å². The first-order chi connectivity index (χ1) is 18.1. The number of aromatic nitrogens is 2. The highest BCUT2D eigenvalue weighted by atomic mass is 32.2. The molecule has 4 aromatic rings. The van der Waals surface area contributed by atoms with Gasteiger partial charge < -0.3 is 14.8 Å². The molecule has 3 aromatic carbocycles. The lowest BCUT2D eigenvalue weighted by atomic mass is 10.0. The molecule has 10 heteroatoms. The van der Waals surface area contributed by atoms with Crippen molar-refractivity contribution in [1.82, 2.24) is 19.6 Å². The van der Waals surface area contributed by atoms with Crippen LogP contribution in [-0.4, -0.2) is 43.0 Å². The second-order valence-electron chi connectivity index (χ2n) is 9.06. The Morgan fingerprint density at radius 2 is 1.68 bits per heavy atom. The number of hydrogen-bond acceptors (Lipinski definition) is 5. The summed E-state index contributed by atoms with van der Waals surface area (Å²) in [6, 6.07) is 19.1. The fourth-order valence-electron chi connectivity index (χ4n) is 4.48. The Morgan fingerprint density at radius 1 is 1.00 bits per heavy atom. The molecule has 0 unspecified atom stereocenters.